The Balaban J connectivity index is 1.67. The van der Waals surface area contributed by atoms with E-state index in [-0.39, 0.29) is 5.91 Å². The summed E-state index contributed by atoms with van der Waals surface area (Å²) in [6, 6.07) is 12.4. The third kappa shape index (κ3) is 4.38. The summed E-state index contributed by atoms with van der Waals surface area (Å²) in [7, 11) is 0. The van der Waals surface area contributed by atoms with Crippen molar-refractivity contribution in [2.24, 2.45) is 0 Å². The lowest BCUT2D eigenvalue weighted by Gasteiger charge is -2.22. The van der Waals surface area contributed by atoms with E-state index in [4.69, 9.17) is 11.6 Å². The predicted molar refractivity (Wildman–Crippen MR) is 108 cm³/mol. The van der Waals surface area contributed by atoms with Crippen LogP contribution in [0.5, 0.6) is 0 Å². The highest BCUT2D eigenvalue weighted by Gasteiger charge is 2.49. The highest BCUT2D eigenvalue weighted by atomic mass is 35.5. The number of benzene rings is 2. The van der Waals surface area contributed by atoms with Crippen LogP contribution in [0.25, 0.3) is 0 Å². The largest absolute Gasteiger partial charge is 0.326 e. The summed E-state index contributed by atoms with van der Waals surface area (Å²) in [5.74, 6) is -1.26. The number of nitrogens with zero attached hydrogens (tertiary/aromatic N) is 1. The lowest BCUT2D eigenvalue weighted by molar-refractivity contribution is -0.133. The second kappa shape index (κ2) is 7.92. The van der Waals surface area contributed by atoms with Gasteiger partial charge in [0.1, 0.15) is 12.1 Å². The molecule has 2 aromatic rings. The number of urea groups is 1. The molecule has 2 aromatic carbocycles. The molecule has 9 heteroatoms. The molecule has 0 saturated carbocycles. The number of hydrogen-bond donors (Lipinski definition) is 3. The standard InChI is InChI=1S/C20H19ClN4O4/c1-12(26)22-15-7-9-16(10-8-15)23-17(27)11-25-18(28)20(2,24-19(25)29)13-3-5-14(21)6-4-13/h3-10H,11H2,1-2H3,(H,22,26)(H,23,27)(H,24,29)/t20-/m0/s1. The average Bonchev–Trinajstić information content (AvgIpc) is 2.87. The summed E-state index contributed by atoms with van der Waals surface area (Å²) in [6.45, 7) is 2.54. The summed E-state index contributed by atoms with van der Waals surface area (Å²) in [6.07, 6.45) is 0. The zero-order valence-corrected chi connectivity index (χ0v) is 16.5. The molecule has 3 rings (SSSR count). The van der Waals surface area contributed by atoms with Crippen LogP contribution >= 0.6 is 11.6 Å². The quantitative estimate of drug-likeness (QED) is 0.653. The van der Waals surface area contributed by atoms with Crippen molar-refractivity contribution in [3.63, 3.8) is 0 Å². The molecular weight excluding hydrogens is 396 g/mol. The van der Waals surface area contributed by atoms with Crippen LogP contribution in [-0.4, -0.2) is 35.2 Å². The second-order valence-electron chi connectivity index (χ2n) is 6.76. The molecule has 1 heterocycles. The Morgan fingerprint density at radius 1 is 1.00 bits per heavy atom. The van der Waals surface area contributed by atoms with E-state index in [0.717, 1.165) is 4.90 Å². The van der Waals surface area contributed by atoms with Crippen molar-refractivity contribution < 1.29 is 19.2 Å². The van der Waals surface area contributed by atoms with E-state index in [1.54, 1.807) is 55.5 Å². The number of carbonyl (C=O) groups is 4. The third-order valence-corrected chi connectivity index (χ3v) is 4.74. The van der Waals surface area contributed by atoms with E-state index in [1.165, 1.54) is 6.92 Å². The normalized spacial score (nSPS) is 18.4. The van der Waals surface area contributed by atoms with Crippen LogP contribution < -0.4 is 16.0 Å². The van der Waals surface area contributed by atoms with Gasteiger partial charge in [0.05, 0.1) is 0 Å². The van der Waals surface area contributed by atoms with Gasteiger partial charge in [-0.25, -0.2) is 4.79 Å². The molecule has 0 bridgehead atoms. The van der Waals surface area contributed by atoms with Crippen molar-refractivity contribution in [3.8, 4) is 0 Å². The van der Waals surface area contributed by atoms with E-state index in [1.807, 2.05) is 0 Å². The summed E-state index contributed by atoms with van der Waals surface area (Å²) >= 11 is 5.88. The lowest BCUT2D eigenvalue weighted by Crippen LogP contribution is -2.42. The number of rotatable bonds is 5. The van der Waals surface area contributed by atoms with Crippen LogP contribution in [0.4, 0.5) is 16.2 Å². The summed E-state index contributed by atoms with van der Waals surface area (Å²) < 4.78 is 0. The molecule has 1 aliphatic heterocycles. The predicted octanol–water partition coefficient (Wildman–Crippen LogP) is 2.70. The number of carbonyl (C=O) groups excluding carboxylic acids is 4. The fourth-order valence-electron chi connectivity index (χ4n) is 3.00. The molecule has 1 saturated heterocycles. The monoisotopic (exact) mass is 414 g/mol. The molecule has 0 unspecified atom stereocenters. The first-order valence-electron chi connectivity index (χ1n) is 8.77. The maximum absolute atomic E-state index is 12.8. The molecule has 0 aliphatic carbocycles. The molecule has 1 atom stereocenters. The molecule has 8 nitrogen and oxygen atoms in total. The molecule has 29 heavy (non-hydrogen) atoms. The van der Waals surface area contributed by atoms with Crippen molar-refractivity contribution >= 4 is 46.7 Å². The van der Waals surface area contributed by atoms with Gasteiger partial charge < -0.3 is 16.0 Å². The summed E-state index contributed by atoms with van der Waals surface area (Å²) in [5, 5.41) is 8.38. The van der Waals surface area contributed by atoms with Gasteiger partial charge >= 0.3 is 6.03 Å². The number of anilines is 2. The Bertz CT molecular complexity index is 975. The third-order valence-electron chi connectivity index (χ3n) is 4.49. The summed E-state index contributed by atoms with van der Waals surface area (Å²) in [5.41, 5.74) is 0.346. The van der Waals surface area contributed by atoms with Crippen molar-refractivity contribution in [2.45, 2.75) is 19.4 Å². The van der Waals surface area contributed by atoms with Crippen LogP contribution in [0.3, 0.4) is 0 Å². The Labute approximate surface area is 172 Å². The van der Waals surface area contributed by atoms with Gasteiger partial charge in [-0.15, -0.1) is 0 Å². The van der Waals surface area contributed by atoms with Crippen molar-refractivity contribution in [2.75, 3.05) is 17.2 Å². The molecule has 3 N–H and O–H groups in total. The number of imide groups is 1. The maximum Gasteiger partial charge on any atom is 0.325 e. The van der Waals surface area contributed by atoms with Crippen molar-refractivity contribution in [1.29, 1.82) is 0 Å². The first kappa shape index (κ1) is 20.3. The van der Waals surface area contributed by atoms with Gasteiger partial charge in [-0.3, -0.25) is 19.3 Å². The maximum atomic E-state index is 12.8. The topological polar surface area (TPSA) is 108 Å². The number of amides is 5. The fraction of sp³-hybridized carbons (Fsp3) is 0.200. The summed E-state index contributed by atoms with van der Waals surface area (Å²) in [4.78, 5) is 49.4. The SMILES string of the molecule is CC(=O)Nc1ccc(NC(=O)CN2C(=O)N[C@@](C)(c3ccc(Cl)cc3)C2=O)cc1. The van der Waals surface area contributed by atoms with E-state index >= 15 is 0 Å². The van der Waals surface area contributed by atoms with Crippen LogP contribution in [0.2, 0.25) is 5.02 Å². The van der Waals surface area contributed by atoms with E-state index in [0.29, 0.717) is 22.0 Å². The Kier molecular flexibility index (Phi) is 5.56. The van der Waals surface area contributed by atoms with E-state index in [2.05, 4.69) is 16.0 Å². The van der Waals surface area contributed by atoms with Crippen LogP contribution in [0.15, 0.2) is 48.5 Å². The molecular formula is C20H19ClN4O4. The minimum atomic E-state index is -1.28. The second-order valence-corrected chi connectivity index (χ2v) is 7.20. The van der Waals surface area contributed by atoms with Gasteiger partial charge in [0.25, 0.3) is 5.91 Å². The van der Waals surface area contributed by atoms with Crippen LogP contribution in [0.1, 0.15) is 19.4 Å². The minimum Gasteiger partial charge on any atom is -0.326 e. The highest BCUT2D eigenvalue weighted by molar-refractivity contribution is 6.30. The van der Waals surface area contributed by atoms with Crippen molar-refractivity contribution in [3.05, 3.63) is 59.1 Å². The zero-order chi connectivity index (χ0) is 21.2. The van der Waals surface area contributed by atoms with Gasteiger partial charge in [-0.2, -0.15) is 0 Å². The molecule has 0 aromatic heterocycles. The van der Waals surface area contributed by atoms with Gasteiger partial charge in [-0.05, 0) is 48.9 Å². The molecule has 150 valence electrons. The number of hydrogen-bond acceptors (Lipinski definition) is 4. The fourth-order valence-corrected chi connectivity index (χ4v) is 3.13. The number of halogens is 1. The van der Waals surface area contributed by atoms with E-state index in [9.17, 15) is 19.2 Å². The van der Waals surface area contributed by atoms with Crippen LogP contribution in [0, 0.1) is 0 Å². The van der Waals surface area contributed by atoms with Gasteiger partial charge in [0.2, 0.25) is 11.8 Å². The van der Waals surface area contributed by atoms with Gasteiger partial charge in [0, 0.05) is 23.3 Å². The van der Waals surface area contributed by atoms with Gasteiger partial charge in [-0.1, -0.05) is 23.7 Å². The lowest BCUT2D eigenvalue weighted by atomic mass is 9.92. The van der Waals surface area contributed by atoms with E-state index < -0.39 is 29.9 Å². The number of nitrogens with one attached hydrogen (secondary N) is 3. The zero-order valence-electron chi connectivity index (χ0n) is 15.8. The molecule has 5 amide bonds. The molecule has 0 radical (unpaired) electrons. The minimum absolute atomic E-state index is 0.205. The van der Waals surface area contributed by atoms with Crippen molar-refractivity contribution in [1.82, 2.24) is 10.2 Å². The highest BCUT2D eigenvalue weighted by Crippen LogP contribution is 2.29. The molecule has 0 spiro atoms. The van der Waals surface area contributed by atoms with Gasteiger partial charge in [0.15, 0.2) is 0 Å². The Morgan fingerprint density at radius 3 is 2.10 bits per heavy atom. The Morgan fingerprint density at radius 2 is 1.55 bits per heavy atom. The molecule has 1 aliphatic rings. The van der Waals surface area contributed by atoms with Crippen LogP contribution in [-0.2, 0) is 19.9 Å². The Hall–Kier alpha value is -3.39. The first-order valence-corrected chi connectivity index (χ1v) is 9.14. The first-order chi connectivity index (χ1) is 13.7. The smallest absolute Gasteiger partial charge is 0.325 e. The average molecular weight is 415 g/mol. The molecule has 1 fully saturated rings.